The summed E-state index contributed by atoms with van der Waals surface area (Å²) in [6, 6.07) is 14.7. The number of carbonyl (C=O) groups is 2. The maximum Gasteiger partial charge on any atom is 0.252 e. The van der Waals surface area contributed by atoms with Gasteiger partial charge in [0.1, 0.15) is 11.7 Å². The molecule has 0 bridgehead atoms. The maximum absolute atomic E-state index is 12.6. The van der Waals surface area contributed by atoms with Crippen molar-refractivity contribution in [3.05, 3.63) is 59.7 Å². The summed E-state index contributed by atoms with van der Waals surface area (Å²) in [5, 5.41) is 6.73. The summed E-state index contributed by atoms with van der Waals surface area (Å²) >= 11 is 0. The van der Waals surface area contributed by atoms with Gasteiger partial charge in [-0.25, -0.2) is 5.43 Å². The third-order valence-electron chi connectivity index (χ3n) is 4.05. The van der Waals surface area contributed by atoms with Crippen LogP contribution >= 0.6 is 0 Å². The molecule has 6 heteroatoms. The number of rotatable bonds is 7. The van der Waals surface area contributed by atoms with Crippen molar-refractivity contribution in [2.75, 3.05) is 12.4 Å². The van der Waals surface area contributed by atoms with E-state index in [1.165, 1.54) is 0 Å². The Kier molecular flexibility index (Phi) is 7.11. The number of hydrazone groups is 1. The normalized spacial score (nSPS) is 12.0. The lowest BCUT2D eigenvalue weighted by molar-refractivity contribution is -0.134. The number of hydrogen-bond acceptors (Lipinski definition) is 4. The SMILES string of the molecule is COc1ccc(NC(=O)C(C(=O)NN=Cc2ccc(C)cc2)C(C)C)cc1. The van der Waals surface area contributed by atoms with Crippen molar-refractivity contribution >= 4 is 23.7 Å². The van der Waals surface area contributed by atoms with Gasteiger partial charge < -0.3 is 10.1 Å². The number of anilines is 1. The fourth-order valence-corrected chi connectivity index (χ4v) is 2.51. The highest BCUT2D eigenvalue weighted by molar-refractivity contribution is 6.06. The Morgan fingerprint density at radius 1 is 1.00 bits per heavy atom. The topological polar surface area (TPSA) is 79.8 Å². The highest BCUT2D eigenvalue weighted by Gasteiger charge is 2.29. The van der Waals surface area contributed by atoms with E-state index < -0.39 is 11.8 Å². The van der Waals surface area contributed by atoms with Crippen LogP contribution in [-0.4, -0.2) is 25.1 Å². The van der Waals surface area contributed by atoms with Gasteiger partial charge in [-0.15, -0.1) is 0 Å². The molecule has 2 rings (SSSR count). The molecular weight excluding hydrogens is 342 g/mol. The van der Waals surface area contributed by atoms with Crippen molar-refractivity contribution in [2.45, 2.75) is 20.8 Å². The van der Waals surface area contributed by atoms with Gasteiger partial charge in [-0.2, -0.15) is 5.10 Å². The van der Waals surface area contributed by atoms with Crippen LogP contribution in [0, 0.1) is 18.8 Å². The molecule has 0 aliphatic rings. The molecule has 1 unspecified atom stereocenters. The zero-order valence-electron chi connectivity index (χ0n) is 16.0. The summed E-state index contributed by atoms with van der Waals surface area (Å²) in [6.45, 7) is 5.64. The van der Waals surface area contributed by atoms with Gasteiger partial charge in [-0.05, 0) is 42.7 Å². The van der Waals surface area contributed by atoms with E-state index >= 15 is 0 Å². The molecule has 0 aromatic heterocycles. The van der Waals surface area contributed by atoms with Gasteiger partial charge in [0.05, 0.1) is 13.3 Å². The fraction of sp³-hybridized carbons (Fsp3) is 0.286. The predicted octanol–water partition coefficient (Wildman–Crippen LogP) is 3.36. The van der Waals surface area contributed by atoms with Crippen molar-refractivity contribution < 1.29 is 14.3 Å². The van der Waals surface area contributed by atoms with Gasteiger partial charge in [0, 0.05) is 5.69 Å². The number of hydrogen-bond donors (Lipinski definition) is 2. The number of ether oxygens (including phenoxy) is 1. The Balaban J connectivity index is 2.00. The Morgan fingerprint density at radius 2 is 1.63 bits per heavy atom. The summed E-state index contributed by atoms with van der Waals surface area (Å²) in [5.41, 5.74) is 5.07. The number of aryl methyl sites for hydroxylation is 1. The molecule has 0 radical (unpaired) electrons. The van der Waals surface area contributed by atoms with E-state index in [2.05, 4.69) is 15.8 Å². The second-order valence-corrected chi connectivity index (χ2v) is 6.58. The number of carbonyl (C=O) groups excluding carboxylic acids is 2. The van der Waals surface area contributed by atoms with Gasteiger partial charge in [0.2, 0.25) is 5.91 Å². The average molecular weight is 367 g/mol. The monoisotopic (exact) mass is 367 g/mol. The minimum atomic E-state index is -0.859. The van der Waals surface area contributed by atoms with Crippen molar-refractivity contribution in [3.8, 4) is 5.75 Å². The lowest BCUT2D eigenvalue weighted by Crippen LogP contribution is -2.39. The molecular formula is C21H25N3O3. The average Bonchev–Trinajstić information content (AvgIpc) is 2.64. The molecule has 2 aromatic carbocycles. The van der Waals surface area contributed by atoms with Gasteiger partial charge in [-0.3, -0.25) is 9.59 Å². The number of nitrogens with one attached hydrogen (secondary N) is 2. The molecule has 0 aliphatic carbocycles. The molecule has 27 heavy (non-hydrogen) atoms. The summed E-state index contributed by atoms with van der Waals surface area (Å²) in [7, 11) is 1.57. The first-order chi connectivity index (χ1) is 12.9. The molecule has 2 amide bonds. The Hall–Kier alpha value is -3.15. The van der Waals surface area contributed by atoms with E-state index in [9.17, 15) is 9.59 Å². The molecule has 2 N–H and O–H groups in total. The first-order valence-electron chi connectivity index (χ1n) is 8.75. The van der Waals surface area contributed by atoms with Gasteiger partial charge in [0.25, 0.3) is 5.91 Å². The number of nitrogens with zero attached hydrogens (tertiary/aromatic N) is 1. The highest BCUT2D eigenvalue weighted by Crippen LogP contribution is 2.18. The van der Waals surface area contributed by atoms with Gasteiger partial charge >= 0.3 is 0 Å². The molecule has 0 fully saturated rings. The molecule has 0 heterocycles. The van der Waals surface area contributed by atoms with Crippen molar-refractivity contribution in [3.63, 3.8) is 0 Å². The van der Waals surface area contributed by atoms with E-state index in [1.807, 2.05) is 45.0 Å². The van der Waals surface area contributed by atoms with Crippen LogP contribution in [0.25, 0.3) is 0 Å². The van der Waals surface area contributed by atoms with Crippen LogP contribution in [0.2, 0.25) is 0 Å². The molecule has 0 saturated carbocycles. The Bertz CT molecular complexity index is 796. The summed E-state index contributed by atoms with van der Waals surface area (Å²) in [5.74, 6) is -1.17. The quantitative estimate of drug-likeness (QED) is 0.447. The van der Waals surface area contributed by atoms with E-state index in [1.54, 1.807) is 37.6 Å². The lowest BCUT2D eigenvalue weighted by atomic mass is 9.94. The van der Waals surface area contributed by atoms with E-state index in [0.29, 0.717) is 11.4 Å². The number of methoxy groups -OCH3 is 1. The third kappa shape index (κ3) is 5.95. The molecule has 1 atom stereocenters. The van der Waals surface area contributed by atoms with Gasteiger partial charge in [-0.1, -0.05) is 43.7 Å². The second-order valence-electron chi connectivity index (χ2n) is 6.58. The van der Waals surface area contributed by atoms with Crippen molar-refractivity contribution in [1.82, 2.24) is 5.43 Å². The summed E-state index contributed by atoms with van der Waals surface area (Å²) in [4.78, 5) is 25.0. The number of amides is 2. The van der Waals surface area contributed by atoms with Crippen LogP contribution in [0.4, 0.5) is 5.69 Å². The van der Waals surface area contributed by atoms with Crippen LogP contribution in [-0.2, 0) is 9.59 Å². The maximum atomic E-state index is 12.6. The first kappa shape index (κ1) is 20.2. The predicted molar refractivity (Wildman–Crippen MR) is 107 cm³/mol. The van der Waals surface area contributed by atoms with E-state index in [4.69, 9.17) is 4.74 Å². The smallest absolute Gasteiger partial charge is 0.252 e. The van der Waals surface area contributed by atoms with Gasteiger partial charge in [0.15, 0.2) is 0 Å². The van der Waals surface area contributed by atoms with E-state index in [0.717, 1.165) is 11.1 Å². The summed E-state index contributed by atoms with van der Waals surface area (Å²) in [6.07, 6.45) is 1.55. The fourth-order valence-electron chi connectivity index (χ4n) is 2.51. The lowest BCUT2D eigenvalue weighted by Gasteiger charge is -2.18. The minimum absolute atomic E-state index is 0.183. The van der Waals surface area contributed by atoms with Crippen LogP contribution < -0.4 is 15.5 Å². The second kappa shape index (κ2) is 9.52. The molecule has 0 saturated heterocycles. The Morgan fingerprint density at radius 3 is 2.19 bits per heavy atom. The first-order valence-corrected chi connectivity index (χ1v) is 8.75. The molecule has 0 aliphatic heterocycles. The van der Waals surface area contributed by atoms with Crippen LogP contribution in [0.15, 0.2) is 53.6 Å². The van der Waals surface area contributed by atoms with Crippen LogP contribution in [0.3, 0.4) is 0 Å². The van der Waals surface area contributed by atoms with Crippen LogP contribution in [0.5, 0.6) is 5.75 Å². The van der Waals surface area contributed by atoms with Crippen LogP contribution in [0.1, 0.15) is 25.0 Å². The summed E-state index contributed by atoms with van der Waals surface area (Å²) < 4.78 is 5.09. The third-order valence-corrected chi connectivity index (χ3v) is 4.05. The molecule has 0 spiro atoms. The zero-order valence-corrected chi connectivity index (χ0v) is 16.0. The standard InChI is InChI=1S/C21H25N3O3/c1-14(2)19(20(25)23-17-9-11-18(27-4)12-10-17)21(26)24-22-13-16-7-5-15(3)6-8-16/h5-14,19H,1-4H3,(H,23,25)(H,24,26). The largest absolute Gasteiger partial charge is 0.497 e. The van der Waals surface area contributed by atoms with Crippen molar-refractivity contribution in [2.24, 2.45) is 16.9 Å². The molecule has 6 nitrogen and oxygen atoms in total. The zero-order chi connectivity index (χ0) is 19.8. The highest BCUT2D eigenvalue weighted by atomic mass is 16.5. The molecule has 2 aromatic rings. The van der Waals surface area contributed by atoms with E-state index in [-0.39, 0.29) is 11.8 Å². The van der Waals surface area contributed by atoms with Crippen molar-refractivity contribution in [1.29, 1.82) is 0 Å². The minimum Gasteiger partial charge on any atom is -0.497 e. The molecule has 142 valence electrons. The Labute approximate surface area is 159 Å². The number of benzene rings is 2.